The van der Waals surface area contributed by atoms with Crippen molar-refractivity contribution in [2.75, 3.05) is 26.2 Å². The van der Waals surface area contributed by atoms with Crippen LogP contribution in [-0.2, 0) is 26.2 Å². The fourth-order valence-electron chi connectivity index (χ4n) is 3.04. The maximum atomic E-state index is 13.6. The number of benzene rings is 2. The summed E-state index contributed by atoms with van der Waals surface area (Å²) >= 11 is 0. The number of hydrogen-bond donors (Lipinski definition) is 0. The molecular weight excluding hydrogens is 418 g/mol. The van der Waals surface area contributed by atoms with Gasteiger partial charge in [-0.2, -0.15) is 4.31 Å². The lowest BCUT2D eigenvalue weighted by Crippen LogP contribution is -2.49. The molecule has 1 saturated heterocycles. The molecule has 1 amide bonds. The molecule has 7 nitrogen and oxygen atoms in total. The van der Waals surface area contributed by atoms with Crippen molar-refractivity contribution in [1.29, 1.82) is 0 Å². The van der Waals surface area contributed by atoms with Gasteiger partial charge in [0.05, 0.1) is 10.5 Å². The average molecular weight is 438 g/mol. The van der Waals surface area contributed by atoms with Crippen LogP contribution in [0.5, 0.6) is 0 Å². The van der Waals surface area contributed by atoms with E-state index < -0.39 is 34.2 Å². The van der Waals surface area contributed by atoms with Gasteiger partial charge in [0.2, 0.25) is 15.9 Å². The second-order valence-electron chi connectivity index (χ2n) is 6.72. The molecule has 0 aliphatic carbocycles. The number of amides is 1. The van der Waals surface area contributed by atoms with E-state index in [1.165, 1.54) is 47.6 Å². The Hall–Kier alpha value is -2.85. The first kappa shape index (κ1) is 21.8. The Balaban J connectivity index is 1.64. The van der Waals surface area contributed by atoms with Gasteiger partial charge < -0.3 is 9.64 Å². The summed E-state index contributed by atoms with van der Waals surface area (Å²) in [6.07, 6.45) is 0. The zero-order valence-electron chi connectivity index (χ0n) is 16.2. The minimum atomic E-state index is -3.77. The zero-order chi connectivity index (χ0) is 21.9. The fraction of sp³-hybridized carbons (Fsp3) is 0.300. The SMILES string of the molecule is CC(=O)N1CCN(S(=O)(=O)c2ccc(C(=O)OCc3cccc(F)c3F)cc2)CC1. The number of carbonyl (C=O) groups is 2. The number of sulfonamides is 1. The zero-order valence-corrected chi connectivity index (χ0v) is 17.0. The highest BCUT2D eigenvalue weighted by atomic mass is 32.2. The number of carbonyl (C=O) groups excluding carboxylic acids is 2. The molecule has 1 fully saturated rings. The van der Waals surface area contributed by atoms with E-state index in [0.29, 0.717) is 13.1 Å². The highest BCUT2D eigenvalue weighted by molar-refractivity contribution is 7.89. The minimum absolute atomic E-state index is 0.00602. The number of hydrogen-bond acceptors (Lipinski definition) is 5. The van der Waals surface area contributed by atoms with Gasteiger partial charge in [-0.05, 0) is 30.3 Å². The van der Waals surface area contributed by atoms with E-state index in [9.17, 15) is 26.8 Å². The van der Waals surface area contributed by atoms with Gasteiger partial charge in [0.1, 0.15) is 6.61 Å². The smallest absolute Gasteiger partial charge is 0.338 e. The largest absolute Gasteiger partial charge is 0.457 e. The van der Waals surface area contributed by atoms with Crippen molar-refractivity contribution in [3.63, 3.8) is 0 Å². The first-order valence-corrected chi connectivity index (χ1v) is 10.6. The molecule has 2 aromatic rings. The summed E-state index contributed by atoms with van der Waals surface area (Å²) in [4.78, 5) is 25.1. The number of nitrogens with zero attached hydrogens (tertiary/aromatic N) is 2. The van der Waals surface area contributed by atoms with Gasteiger partial charge in [-0.1, -0.05) is 12.1 Å². The monoisotopic (exact) mass is 438 g/mol. The number of rotatable bonds is 5. The lowest BCUT2D eigenvalue weighted by atomic mass is 10.2. The van der Waals surface area contributed by atoms with Crippen LogP contribution in [0.1, 0.15) is 22.8 Å². The first-order valence-electron chi connectivity index (χ1n) is 9.16. The van der Waals surface area contributed by atoms with Crippen molar-refractivity contribution in [3.05, 3.63) is 65.2 Å². The van der Waals surface area contributed by atoms with E-state index in [4.69, 9.17) is 4.74 Å². The number of halogens is 2. The third-order valence-electron chi connectivity index (χ3n) is 4.80. The van der Waals surface area contributed by atoms with Crippen molar-refractivity contribution in [2.24, 2.45) is 0 Å². The summed E-state index contributed by atoms with van der Waals surface area (Å²) in [5, 5.41) is 0. The van der Waals surface area contributed by atoms with Gasteiger partial charge in [-0.15, -0.1) is 0 Å². The molecule has 30 heavy (non-hydrogen) atoms. The summed E-state index contributed by atoms with van der Waals surface area (Å²) < 4.78 is 58.6. The van der Waals surface area contributed by atoms with Gasteiger partial charge in [-0.3, -0.25) is 4.79 Å². The Kier molecular flexibility index (Phi) is 6.47. The summed E-state index contributed by atoms with van der Waals surface area (Å²) in [5.41, 5.74) is -0.0283. The van der Waals surface area contributed by atoms with Gasteiger partial charge in [0, 0.05) is 38.7 Å². The van der Waals surface area contributed by atoms with Crippen LogP contribution < -0.4 is 0 Å². The van der Waals surface area contributed by atoms with Crippen LogP contribution in [0, 0.1) is 11.6 Å². The lowest BCUT2D eigenvalue weighted by molar-refractivity contribution is -0.129. The van der Waals surface area contributed by atoms with Crippen molar-refractivity contribution in [2.45, 2.75) is 18.4 Å². The maximum Gasteiger partial charge on any atom is 0.338 e. The summed E-state index contributed by atoms with van der Waals surface area (Å²) in [6.45, 7) is 1.98. The quantitative estimate of drug-likeness (QED) is 0.669. The van der Waals surface area contributed by atoms with Crippen molar-refractivity contribution < 1.29 is 31.5 Å². The van der Waals surface area contributed by atoms with Gasteiger partial charge >= 0.3 is 5.97 Å². The van der Waals surface area contributed by atoms with Crippen LogP contribution >= 0.6 is 0 Å². The van der Waals surface area contributed by atoms with Crippen LogP contribution in [0.15, 0.2) is 47.4 Å². The number of piperazine rings is 1. The Morgan fingerprint density at radius 1 is 1.00 bits per heavy atom. The Labute approximate surface area is 172 Å². The van der Waals surface area contributed by atoms with E-state index >= 15 is 0 Å². The Morgan fingerprint density at radius 2 is 1.63 bits per heavy atom. The third kappa shape index (κ3) is 4.65. The van der Waals surface area contributed by atoms with Crippen LogP contribution in [0.4, 0.5) is 8.78 Å². The van der Waals surface area contributed by atoms with E-state index in [1.807, 2.05) is 0 Å². The summed E-state index contributed by atoms with van der Waals surface area (Å²) in [5.74, 6) is -3.02. The van der Waals surface area contributed by atoms with Crippen LogP contribution in [-0.4, -0.2) is 55.7 Å². The molecule has 0 saturated carbocycles. The highest BCUT2D eigenvalue weighted by Gasteiger charge is 2.29. The van der Waals surface area contributed by atoms with Crippen LogP contribution in [0.3, 0.4) is 0 Å². The molecule has 0 unspecified atom stereocenters. The van der Waals surface area contributed by atoms with Gasteiger partial charge in [0.25, 0.3) is 0 Å². The normalized spacial score (nSPS) is 15.1. The molecule has 2 aromatic carbocycles. The molecule has 3 rings (SSSR count). The Bertz CT molecular complexity index is 1050. The molecule has 1 aliphatic heterocycles. The summed E-state index contributed by atoms with van der Waals surface area (Å²) in [7, 11) is -3.77. The predicted octanol–water partition coefficient (Wildman–Crippen LogP) is 2.17. The van der Waals surface area contributed by atoms with E-state index in [2.05, 4.69) is 0 Å². The highest BCUT2D eigenvalue weighted by Crippen LogP contribution is 2.19. The first-order chi connectivity index (χ1) is 14.2. The standard InChI is InChI=1S/C20H20F2N2O5S/c1-14(25)23-9-11-24(12-10-23)30(27,28)17-7-5-15(6-8-17)20(26)29-13-16-3-2-4-18(21)19(16)22/h2-8H,9-13H2,1H3. The van der Waals surface area contributed by atoms with E-state index in [1.54, 1.807) is 4.90 Å². The van der Waals surface area contributed by atoms with Crippen LogP contribution in [0.25, 0.3) is 0 Å². The minimum Gasteiger partial charge on any atom is -0.457 e. The average Bonchev–Trinajstić information content (AvgIpc) is 2.74. The van der Waals surface area contributed by atoms with Gasteiger partial charge in [0.15, 0.2) is 11.6 Å². The molecule has 1 aliphatic rings. The topological polar surface area (TPSA) is 84.0 Å². The molecule has 0 N–H and O–H groups in total. The van der Waals surface area contributed by atoms with Crippen molar-refractivity contribution in [1.82, 2.24) is 9.21 Å². The maximum absolute atomic E-state index is 13.6. The fourth-order valence-corrected chi connectivity index (χ4v) is 4.46. The third-order valence-corrected chi connectivity index (χ3v) is 6.71. The second-order valence-corrected chi connectivity index (χ2v) is 8.66. The number of esters is 1. The molecule has 0 atom stereocenters. The van der Waals surface area contributed by atoms with Gasteiger partial charge in [-0.25, -0.2) is 22.0 Å². The predicted molar refractivity (Wildman–Crippen MR) is 103 cm³/mol. The van der Waals surface area contributed by atoms with E-state index in [-0.39, 0.29) is 35.0 Å². The molecular formula is C20H20F2N2O5S. The van der Waals surface area contributed by atoms with E-state index in [0.717, 1.165) is 6.07 Å². The Morgan fingerprint density at radius 3 is 2.23 bits per heavy atom. The summed E-state index contributed by atoms with van der Waals surface area (Å²) in [6, 6.07) is 8.72. The van der Waals surface area contributed by atoms with Crippen molar-refractivity contribution in [3.8, 4) is 0 Å². The molecule has 0 spiro atoms. The molecule has 160 valence electrons. The molecule has 1 heterocycles. The van der Waals surface area contributed by atoms with Crippen molar-refractivity contribution >= 4 is 21.9 Å². The second kappa shape index (κ2) is 8.88. The van der Waals surface area contributed by atoms with Crippen LogP contribution in [0.2, 0.25) is 0 Å². The number of ether oxygens (including phenoxy) is 1. The molecule has 0 aromatic heterocycles. The molecule has 10 heteroatoms. The molecule has 0 bridgehead atoms. The lowest BCUT2D eigenvalue weighted by Gasteiger charge is -2.33. The molecule has 0 radical (unpaired) electrons.